The smallest absolute Gasteiger partial charge is 0.0690 e. The molecule has 8 heteroatoms. The van der Waals surface area contributed by atoms with Crippen LogP contribution in [0.25, 0.3) is 5.57 Å². The average molecular weight is 596 g/mol. The van der Waals surface area contributed by atoms with Crippen LogP contribution in [0, 0.1) is 17.3 Å². The van der Waals surface area contributed by atoms with E-state index in [0.717, 1.165) is 38.2 Å². The number of hydrogen-bond acceptors (Lipinski definition) is 8. The van der Waals surface area contributed by atoms with Gasteiger partial charge in [-0.25, -0.2) is 0 Å². The summed E-state index contributed by atoms with van der Waals surface area (Å²) < 4.78 is 3.87. The fourth-order valence-corrected chi connectivity index (χ4v) is 9.35. The van der Waals surface area contributed by atoms with E-state index in [1.807, 2.05) is 11.9 Å². The van der Waals surface area contributed by atoms with E-state index >= 15 is 0 Å². The number of rotatable bonds is 2. The molecule has 6 rings (SSSR count). The zero-order valence-corrected chi connectivity index (χ0v) is 27.7. The highest BCUT2D eigenvalue weighted by Crippen LogP contribution is 2.42. The SMILES string of the molecule is CC(C)(C)C1CCC2CNSC3CCCC(N3)N[C@@H](c3cccc(C4=CCNCC4)n3)CC[C@@H]3CN(C2N1)C(C)(C)C3. The van der Waals surface area contributed by atoms with E-state index in [-0.39, 0.29) is 17.0 Å². The van der Waals surface area contributed by atoms with Gasteiger partial charge in [0.2, 0.25) is 0 Å². The van der Waals surface area contributed by atoms with Crippen molar-refractivity contribution in [3.63, 3.8) is 0 Å². The molecule has 0 aliphatic carbocycles. The molecule has 4 fully saturated rings. The van der Waals surface area contributed by atoms with Gasteiger partial charge in [0.25, 0.3) is 0 Å². The van der Waals surface area contributed by atoms with E-state index in [4.69, 9.17) is 4.98 Å². The lowest BCUT2D eigenvalue weighted by molar-refractivity contribution is 0.00552. The van der Waals surface area contributed by atoms with Gasteiger partial charge in [-0.3, -0.25) is 30.6 Å². The van der Waals surface area contributed by atoms with Crippen molar-refractivity contribution in [2.24, 2.45) is 17.3 Å². The summed E-state index contributed by atoms with van der Waals surface area (Å²) in [6, 6.07) is 7.53. The predicted molar refractivity (Wildman–Crippen MR) is 177 cm³/mol. The molecule has 6 heterocycles. The molecule has 0 radical (unpaired) electrons. The van der Waals surface area contributed by atoms with Crippen molar-refractivity contribution in [1.82, 2.24) is 35.9 Å². The lowest BCUT2D eigenvalue weighted by Crippen LogP contribution is -2.63. The Morgan fingerprint density at radius 1 is 1.00 bits per heavy atom. The molecule has 6 unspecified atom stereocenters. The molecular formula is C34H57N7S. The summed E-state index contributed by atoms with van der Waals surface area (Å²) in [7, 11) is 0. The van der Waals surface area contributed by atoms with Crippen LogP contribution >= 0.6 is 11.9 Å². The van der Waals surface area contributed by atoms with Crippen LogP contribution in [-0.2, 0) is 0 Å². The normalized spacial score (nSPS) is 38.1. The van der Waals surface area contributed by atoms with Gasteiger partial charge in [0, 0.05) is 37.1 Å². The van der Waals surface area contributed by atoms with E-state index in [2.05, 4.69) is 89.8 Å². The monoisotopic (exact) mass is 595 g/mol. The van der Waals surface area contributed by atoms with Crippen molar-refractivity contribution in [3.05, 3.63) is 35.7 Å². The Labute approximate surface area is 259 Å². The van der Waals surface area contributed by atoms with Gasteiger partial charge < -0.3 is 5.32 Å². The number of nitrogens with zero attached hydrogens (tertiary/aromatic N) is 2. The highest BCUT2D eigenvalue weighted by Gasteiger charge is 2.47. The van der Waals surface area contributed by atoms with Crippen molar-refractivity contribution in [3.8, 4) is 0 Å². The van der Waals surface area contributed by atoms with Crippen LogP contribution < -0.4 is 26.0 Å². The molecule has 4 saturated heterocycles. The third-order valence-corrected chi connectivity index (χ3v) is 11.7. The zero-order chi connectivity index (χ0) is 29.3. The second-order valence-electron chi connectivity index (χ2n) is 15.4. The van der Waals surface area contributed by atoms with E-state index in [1.54, 1.807) is 0 Å². The molecule has 0 spiro atoms. The second kappa shape index (κ2) is 13.2. The molecule has 234 valence electrons. The summed E-state index contributed by atoms with van der Waals surface area (Å²) in [5.74, 6) is 1.33. The van der Waals surface area contributed by atoms with Crippen LogP contribution in [0.4, 0.5) is 0 Å². The number of fused-ring (bicyclic) bond motifs is 6. The molecule has 4 bridgehead atoms. The van der Waals surface area contributed by atoms with Crippen LogP contribution in [-0.4, -0.2) is 65.3 Å². The maximum absolute atomic E-state index is 5.29. The van der Waals surface area contributed by atoms with E-state index in [9.17, 15) is 0 Å². The van der Waals surface area contributed by atoms with Crippen LogP contribution in [0.3, 0.4) is 0 Å². The van der Waals surface area contributed by atoms with Gasteiger partial charge >= 0.3 is 0 Å². The molecule has 1 aromatic rings. The first-order chi connectivity index (χ1) is 20.2. The van der Waals surface area contributed by atoms with Crippen LogP contribution in [0.15, 0.2) is 24.3 Å². The van der Waals surface area contributed by atoms with Crippen molar-refractivity contribution < 1.29 is 0 Å². The first-order valence-corrected chi connectivity index (χ1v) is 17.8. The van der Waals surface area contributed by atoms with Gasteiger partial charge in [-0.05, 0) is 107 Å². The minimum atomic E-state index is 0.200. The maximum atomic E-state index is 5.29. The van der Waals surface area contributed by atoms with Gasteiger partial charge in [0.1, 0.15) is 0 Å². The molecular weight excluding hydrogens is 538 g/mol. The first-order valence-electron chi connectivity index (χ1n) is 17.0. The first kappa shape index (κ1) is 31.0. The number of aromatic nitrogens is 1. The molecule has 5 aliphatic rings. The standard InChI is InChI=1S/C34H57N7S/c1-33(2,3)29-15-13-25-21-36-42-31-11-7-10-30(40-31)38-28(14-12-23-20-34(4,5)41(22-23)32(25)39-29)27-9-6-8-26(37-27)24-16-18-35-19-17-24/h6,8-9,16,23,25,28-32,35-36,38-40H,7,10-15,17-22H2,1-5H3/t23-,25?,28+,29?,30?,31?,32?/m0/s1. The zero-order valence-electron chi connectivity index (χ0n) is 26.8. The van der Waals surface area contributed by atoms with E-state index in [1.165, 1.54) is 62.8 Å². The van der Waals surface area contributed by atoms with Crippen LogP contribution in [0.1, 0.15) is 110 Å². The molecule has 5 N–H and O–H groups in total. The number of piperidine rings is 2. The van der Waals surface area contributed by atoms with Gasteiger partial charge in [-0.2, -0.15) is 0 Å². The minimum absolute atomic E-state index is 0.200. The third-order valence-electron chi connectivity index (χ3n) is 10.8. The molecule has 7 nitrogen and oxygen atoms in total. The maximum Gasteiger partial charge on any atom is 0.0690 e. The van der Waals surface area contributed by atoms with E-state index < -0.39 is 0 Å². The molecule has 8 atom stereocenters. The summed E-state index contributed by atoms with van der Waals surface area (Å²) >= 11 is 1.93. The second-order valence-corrected chi connectivity index (χ2v) is 16.5. The fraction of sp³-hybridized carbons (Fsp3) is 0.794. The lowest BCUT2D eigenvalue weighted by Gasteiger charge is -2.50. The molecule has 0 aromatic carbocycles. The largest absolute Gasteiger partial charge is 0.313 e. The Morgan fingerprint density at radius 3 is 2.69 bits per heavy atom. The number of nitrogens with one attached hydrogen (secondary N) is 5. The predicted octanol–water partition coefficient (Wildman–Crippen LogP) is 5.39. The molecule has 5 aliphatic heterocycles. The highest BCUT2D eigenvalue weighted by atomic mass is 32.2. The fourth-order valence-electron chi connectivity index (χ4n) is 8.32. The Morgan fingerprint density at radius 2 is 1.88 bits per heavy atom. The van der Waals surface area contributed by atoms with Gasteiger partial charge in [0.05, 0.1) is 35.1 Å². The van der Waals surface area contributed by atoms with Crippen molar-refractivity contribution in [2.75, 3.05) is 26.2 Å². The summed E-state index contributed by atoms with van der Waals surface area (Å²) in [5.41, 5.74) is 4.24. The topological polar surface area (TPSA) is 76.3 Å². The van der Waals surface area contributed by atoms with Gasteiger partial charge in [-0.1, -0.05) is 44.9 Å². The molecule has 0 amide bonds. The Balaban J connectivity index is 1.25. The molecule has 0 saturated carbocycles. The Kier molecular flexibility index (Phi) is 9.71. The number of pyridine rings is 1. The summed E-state index contributed by atoms with van der Waals surface area (Å²) in [5, 5.41) is 16.1. The third kappa shape index (κ3) is 7.27. The average Bonchev–Trinajstić information content (AvgIpc) is 3.28. The van der Waals surface area contributed by atoms with Gasteiger partial charge in [0.15, 0.2) is 0 Å². The van der Waals surface area contributed by atoms with Crippen molar-refractivity contribution >= 4 is 17.5 Å². The Bertz CT molecular complexity index is 1080. The van der Waals surface area contributed by atoms with Crippen LogP contribution in [0.5, 0.6) is 0 Å². The van der Waals surface area contributed by atoms with Crippen LogP contribution in [0.2, 0.25) is 0 Å². The summed E-state index contributed by atoms with van der Waals surface area (Å²) in [6.07, 6.45) is 14.0. The highest BCUT2D eigenvalue weighted by molar-refractivity contribution is 7.98. The minimum Gasteiger partial charge on any atom is -0.313 e. The quantitative estimate of drug-likeness (QED) is 0.292. The summed E-state index contributed by atoms with van der Waals surface area (Å²) in [4.78, 5) is 8.16. The molecule has 1 aromatic heterocycles. The molecule has 42 heavy (non-hydrogen) atoms. The van der Waals surface area contributed by atoms with Gasteiger partial charge in [-0.15, -0.1) is 0 Å². The summed E-state index contributed by atoms with van der Waals surface area (Å²) in [6.45, 7) is 16.5. The van der Waals surface area contributed by atoms with Crippen molar-refractivity contribution in [2.45, 2.75) is 128 Å². The lowest BCUT2D eigenvalue weighted by atomic mass is 9.78. The number of hydrogen-bond donors (Lipinski definition) is 5. The Hall–Kier alpha value is -1.00. The van der Waals surface area contributed by atoms with E-state index in [0.29, 0.717) is 35.6 Å². The van der Waals surface area contributed by atoms with Crippen molar-refractivity contribution in [1.29, 1.82) is 0 Å².